The third kappa shape index (κ3) is 5.23. The van der Waals surface area contributed by atoms with E-state index in [9.17, 15) is 0 Å². The van der Waals surface area contributed by atoms with Gasteiger partial charge in [0, 0.05) is 38.3 Å². The van der Waals surface area contributed by atoms with Crippen molar-refractivity contribution in [3.8, 4) is 22.5 Å². The fourth-order valence-corrected chi connectivity index (χ4v) is 11.9. The molecule has 0 saturated carbocycles. The van der Waals surface area contributed by atoms with Crippen LogP contribution >= 0.6 is 0 Å². The van der Waals surface area contributed by atoms with Gasteiger partial charge in [-0.1, -0.05) is 147 Å². The molecule has 2 heterocycles. The summed E-state index contributed by atoms with van der Waals surface area (Å²) in [5.74, 6) is 0. The first-order chi connectivity index (χ1) is 32.0. The zero-order chi connectivity index (χ0) is 43.0. The number of para-hydroxylation sites is 3. The second-order valence-corrected chi connectivity index (χ2v) is 18.8. The Morgan fingerprint density at radius 2 is 0.923 bits per heavy atom. The van der Waals surface area contributed by atoms with Crippen LogP contribution in [0.3, 0.4) is 0 Å². The van der Waals surface area contributed by atoms with E-state index in [1.165, 1.54) is 132 Å². The number of benzene rings is 10. The van der Waals surface area contributed by atoms with E-state index < -0.39 is 0 Å². The van der Waals surface area contributed by atoms with Crippen molar-refractivity contribution in [2.24, 2.45) is 0 Å². The van der Waals surface area contributed by atoms with Crippen LogP contribution in [0.1, 0.15) is 48.9 Å². The largest absolute Gasteiger partial charge is 0.309 e. The second kappa shape index (κ2) is 13.5. The lowest BCUT2D eigenvalue weighted by Crippen LogP contribution is -2.14. The van der Waals surface area contributed by atoms with Gasteiger partial charge in [0.25, 0.3) is 0 Å². The highest BCUT2D eigenvalue weighted by Crippen LogP contribution is 2.51. The van der Waals surface area contributed by atoms with Gasteiger partial charge in [-0.25, -0.2) is 0 Å². The van der Waals surface area contributed by atoms with E-state index in [0.29, 0.717) is 0 Å². The maximum Gasteiger partial charge on any atom is 0.0542 e. The van der Waals surface area contributed by atoms with Crippen LogP contribution < -0.4 is 0 Å². The number of nitrogens with zero attached hydrogens (tertiary/aromatic N) is 2. The molecule has 2 aromatic heterocycles. The molecule has 0 bridgehead atoms. The van der Waals surface area contributed by atoms with Crippen molar-refractivity contribution in [3.63, 3.8) is 0 Å². The van der Waals surface area contributed by atoms with Gasteiger partial charge in [0.05, 0.1) is 22.1 Å². The van der Waals surface area contributed by atoms with Gasteiger partial charge >= 0.3 is 0 Å². The third-order valence-corrected chi connectivity index (χ3v) is 15.0. The quantitative estimate of drug-likeness (QED) is 0.156. The van der Waals surface area contributed by atoms with Crippen molar-refractivity contribution in [2.45, 2.75) is 32.1 Å². The molecule has 2 aliphatic rings. The SMILES string of the molecule is CC1(C)c2ccccc2-c2cc3c4ccccc4c4cc(C5=CCCC(c6ccc7c(c6)c6ccccc6n7-c6ccc7c(c6)c6ccccc6n7-c6ccccc6)=C5)ccc4c3cc21. The molecule has 0 unspecified atom stereocenters. The first kappa shape index (κ1) is 36.5. The Morgan fingerprint density at radius 1 is 0.369 bits per heavy atom. The van der Waals surface area contributed by atoms with Crippen LogP contribution in [0.15, 0.2) is 206 Å². The Balaban J connectivity index is 0.878. The fourth-order valence-electron chi connectivity index (χ4n) is 11.9. The Bertz CT molecular complexity index is 4070. The average molecular weight is 829 g/mol. The smallest absolute Gasteiger partial charge is 0.0542 e. The lowest BCUT2D eigenvalue weighted by molar-refractivity contribution is 0.661. The molecule has 2 nitrogen and oxygen atoms in total. The van der Waals surface area contributed by atoms with Gasteiger partial charge in [-0.2, -0.15) is 0 Å². The molecule has 0 amide bonds. The van der Waals surface area contributed by atoms with Crippen LogP contribution in [-0.4, -0.2) is 9.13 Å². The van der Waals surface area contributed by atoms with E-state index >= 15 is 0 Å². The average Bonchev–Trinajstić information content (AvgIpc) is 3.96. The summed E-state index contributed by atoms with van der Waals surface area (Å²) in [7, 11) is 0. The van der Waals surface area contributed by atoms with E-state index in [0.717, 1.165) is 12.8 Å². The number of aromatic nitrogens is 2. The van der Waals surface area contributed by atoms with Crippen LogP contribution in [0.4, 0.5) is 0 Å². The Labute approximate surface area is 377 Å². The summed E-state index contributed by atoms with van der Waals surface area (Å²) in [6, 6.07) is 72.7. The van der Waals surface area contributed by atoms with Gasteiger partial charge in [0.2, 0.25) is 0 Å². The highest BCUT2D eigenvalue weighted by atomic mass is 15.0. The summed E-state index contributed by atoms with van der Waals surface area (Å²) in [4.78, 5) is 0. The highest BCUT2D eigenvalue weighted by molar-refractivity contribution is 6.26. The minimum Gasteiger partial charge on any atom is -0.309 e. The van der Waals surface area contributed by atoms with E-state index in [1.54, 1.807) is 0 Å². The maximum absolute atomic E-state index is 2.51. The van der Waals surface area contributed by atoms with E-state index in [-0.39, 0.29) is 5.41 Å². The van der Waals surface area contributed by atoms with Gasteiger partial charge in [0.1, 0.15) is 0 Å². The van der Waals surface area contributed by atoms with Crippen LogP contribution in [0.2, 0.25) is 0 Å². The van der Waals surface area contributed by atoms with Crippen molar-refractivity contribution in [1.82, 2.24) is 9.13 Å². The summed E-state index contributed by atoms with van der Waals surface area (Å²) in [5.41, 5.74) is 18.0. The molecule has 12 aromatic rings. The molecule has 0 radical (unpaired) electrons. The summed E-state index contributed by atoms with van der Waals surface area (Å²) in [5, 5.41) is 13.0. The predicted molar refractivity (Wildman–Crippen MR) is 277 cm³/mol. The van der Waals surface area contributed by atoms with Crippen molar-refractivity contribution >= 4 is 87.1 Å². The van der Waals surface area contributed by atoms with Crippen LogP contribution in [0.25, 0.3) is 110 Å². The van der Waals surface area contributed by atoms with Crippen LogP contribution in [0, 0.1) is 0 Å². The van der Waals surface area contributed by atoms with Gasteiger partial charge in [0.15, 0.2) is 0 Å². The molecule has 2 aliphatic carbocycles. The molecule has 2 heteroatoms. The molecule has 0 fully saturated rings. The van der Waals surface area contributed by atoms with Gasteiger partial charge in [-0.15, -0.1) is 0 Å². The molecule has 0 atom stereocenters. The van der Waals surface area contributed by atoms with Crippen LogP contribution in [0.5, 0.6) is 0 Å². The standard InChI is InChI=1S/C63H44N2/c1-63(2)57-24-11-8-21-48(57)54-37-52-46-20-7-6-19-45(46)51-34-41(27-30-47(51)53(52)38-58(54)63)39-15-14-16-40(33-39)42-28-31-61-55(35-42)49-22-9-13-26-60(49)65(61)44-29-32-62-56(36-44)50-23-10-12-25-59(50)64(62)43-17-4-3-5-18-43/h3-13,15,17-38H,14,16H2,1-2H3. The molecular formula is C63H44N2. The summed E-state index contributed by atoms with van der Waals surface area (Å²) >= 11 is 0. The molecule has 0 N–H and O–H groups in total. The summed E-state index contributed by atoms with van der Waals surface area (Å²) in [6.45, 7) is 4.76. The number of fused-ring (bicyclic) bond motifs is 15. The number of allylic oxidation sites excluding steroid dienone is 4. The zero-order valence-electron chi connectivity index (χ0n) is 36.4. The molecule has 0 saturated heterocycles. The summed E-state index contributed by atoms with van der Waals surface area (Å²) < 4.78 is 4.85. The van der Waals surface area contributed by atoms with E-state index in [1.807, 2.05) is 0 Å². The van der Waals surface area contributed by atoms with E-state index in [4.69, 9.17) is 0 Å². The maximum atomic E-state index is 2.51. The van der Waals surface area contributed by atoms with Crippen molar-refractivity contribution < 1.29 is 0 Å². The van der Waals surface area contributed by atoms with Gasteiger partial charge in [-0.3, -0.25) is 0 Å². The second-order valence-electron chi connectivity index (χ2n) is 18.8. The van der Waals surface area contributed by atoms with E-state index in [2.05, 4.69) is 229 Å². The molecule has 14 rings (SSSR count). The fraction of sp³-hybridized carbons (Fsp3) is 0.0794. The monoisotopic (exact) mass is 828 g/mol. The highest BCUT2D eigenvalue weighted by Gasteiger charge is 2.35. The number of rotatable bonds is 4. The van der Waals surface area contributed by atoms with Crippen molar-refractivity contribution in [1.29, 1.82) is 0 Å². The van der Waals surface area contributed by atoms with Crippen molar-refractivity contribution in [2.75, 3.05) is 0 Å². The Morgan fingerprint density at radius 3 is 1.69 bits per heavy atom. The van der Waals surface area contributed by atoms with Gasteiger partial charge < -0.3 is 9.13 Å². The van der Waals surface area contributed by atoms with Crippen molar-refractivity contribution in [3.05, 3.63) is 229 Å². The molecular weight excluding hydrogens is 785 g/mol. The molecule has 0 aliphatic heterocycles. The molecule has 0 spiro atoms. The Hall–Kier alpha value is -7.94. The minimum atomic E-state index is -0.0518. The Kier molecular flexibility index (Phi) is 7.61. The third-order valence-electron chi connectivity index (χ3n) is 15.0. The number of hydrogen-bond acceptors (Lipinski definition) is 0. The zero-order valence-corrected chi connectivity index (χ0v) is 36.4. The minimum absolute atomic E-state index is 0.0518. The lowest BCUT2D eigenvalue weighted by Gasteiger charge is -2.22. The van der Waals surface area contributed by atoms with Crippen LogP contribution in [-0.2, 0) is 5.41 Å². The molecule has 65 heavy (non-hydrogen) atoms. The number of hydrogen-bond donors (Lipinski definition) is 0. The lowest BCUT2D eigenvalue weighted by atomic mass is 9.81. The predicted octanol–water partition coefficient (Wildman–Crippen LogP) is 16.9. The van der Waals surface area contributed by atoms with Gasteiger partial charge in [-0.05, 0) is 162 Å². The summed E-state index contributed by atoms with van der Waals surface area (Å²) in [6.07, 6.45) is 6.92. The first-order valence-electron chi connectivity index (χ1n) is 23.1. The molecule has 306 valence electrons. The normalized spacial score (nSPS) is 14.5. The molecule has 10 aromatic carbocycles. The first-order valence-corrected chi connectivity index (χ1v) is 23.1. The topological polar surface area (TPSA) is 9.86 Å².